The molecule has 1 aromatic rings. The van der Waals surface area contributed by atoms with Crippen LogP contribution in [0.25, 0.3) is 0 Å². The molecule has 77 valence electrons. The van der Waals surface area contributed by atoms with Gasteiger partial charge in [0.15, 0.2) is 5.75 Å². The fraction of sp³-hybridized carbons (Fsp3) is 0.333. The van der Waals surface area contributed by atoms with Gasteiger partial charge in [-0.1, -0.05) is 0 Å². The van der Waals surface area contributed by atoms with E-state index in [1.54, 1.807) is 6.92 Å². The smallest absolute Gasteiger partial charge is 0.290 e. The van der Waals surface area contributed by atoms with E-state index in [1.807, 2.05) is 0 Å². The Hall–Kier alpha value is -0.840. The van der Waals surface area contributed by atoms with Gasteiger partial charge in [-0.2, -0.15) is 13.2 Å². The topological polar surface area (TPSA) is 19.9 Å². The molecule has 5 heteroatoms. The Balaban J connectivity index is 2.65. The highest BCUT2D eigenvalue weighted by atomic mass is 32.2. The van der Waals surface area contributed by atoms with Crippen LogP contribution in [0.3, 0.4) is 0 Å². The van der Waals surface area contributed by atoms with Crippen LogP contribution in [0.1, 0.15) is 5.56 Å². The molecule has 0 atom stereocenters. The summed E-state index contributed by atoms with van der Waals surface area (Å²) in [5.41, 5.74) is 0.470. The Kier molecular flexibility index (Phi) is 3.31. The molecule has 0 bridgehead atoms. The van der Waals surface area contributed by atoms with Crippen molar-refractivity contribution in [3.63, 3.8) is 0 Å². The van der Waals surface area contributed by atoms with Crippen LogP contribution in [-0.2, 0) is 5.11 Å². The summed E-state index contributed by atoms with van der Waals surface area (Å²) in [6.07, 6.45) is -4.17. The average Bonchev–Trinajstić information content (AvgIpc) is 2.06. The molecule has 1 aromatic carbocycles. The van der Waals surface area contributed by atoms with Gasteiger partial charge >= 0.3 is 6.18 Å². The highest BCUT2D eigenvalue weighted by Gasteiger charge is 2.27. The molecule has 14 heavy (non-hydrogen) atoms. The number of benzene rings is 1. The van der Waals surface area contributed by atoms with E-state index in [9.17, 15) is 18.3 Å². The summed E-state index contributed by atoms with van der Waals surface area (Å²) in [6, 6.07) is 4.17. The van der Waals surface area contributed by atoms with Crippen LogP contribution >= 0.6 is 11.8 Å². The maximum atomic E-state index is 11.8. The Morgan fingerprint density at radius 1 is 1.36 bits per heavy atom. The molecule has 0 spiro atoms. The minimum atomic E-state index is -4.17. The summed E-state index contributed by atoms with van der Waals surface area (Å²) >= 11 is 0.686. The predicted octanol–water partition coefficient (Wildman–Crippen LogP) is 3.79. The van der Waals surface area contributed by atoms with Crippen LogP contribution in [0.4, 0.5) is 13.2 Å². The third-order valence-electron chi connectivity index (χ3n) is 1.55. The van der Waals surface area contributed by atoms with Crippen LogP contribution < -0.4 is 0 Å². The largest absolute Gasteiger partial charge is 0.398 e. The van der Waals surface area contributed by atoms with Gasteiger partial charge in [0.1, 0.15) is 0 Å². The van der Waals surface area contributed by atoms with Gasteiger partial charge in [-0.25, -0.2) is 0 Å². The zero-order valence-electron chi connectivity index (χ0n) is 7.39. The molecule has 0 aliphatic rings. The van der Waals surface area contributed by atoms with Crippen LogP contribution in [0.2, 0.25) is 0 Å². The van der Waals surface area contributed by atoms with E-state index in [4.69, 9.17) is 0 Å². The molecule has 1 radical (unpaired) electrons. The van der Waals surface area contributed by atoms with Crippen LogP contribution in [0.5, 0.6) is 5.75 Å². The van der Waals surface area contributed by atoms with Crippen LogP contribution in [0, 0.1) is 6.92 Å². The van der Waals surface area contributed by atoms with Gasteiger partial charge in [0, 0.05) is 4.90 Å². The van der Waals surface area contributed by atoms with Gasteiger partial charge in [0.2, 0.25) is 0 Å². The Morgan fingerprint density at radius 2 is 2.00 bits per heavy atom. The van der Waals surface area contributed by atoms with Gasteiger partial charge in [0.05, 0.1) is 5.75 Å². The fourth-order valence-electron chi connectivity index (χ4n) is 0.877. The van der Waals surface area contributed by atoms with Crippen molar-refractivity contribution in [2.24, 2.45) is 0 Å². The monoisotopic (exact) mass is 221 g/mol. The van der Waals surface area contributed by atoms with E-state index in [0.717, 1.165) is 0 Å². The predicted molar refractivity (Wildman–Crippen MR) is 48.1 cm³/mol. The summed E-state index contributed by atoms with van der Waals surface area (Å²) in [5, 5.41) is 10.9. The zero-order valence-corrected chi connectivity index (χ0v) is 8.21. The van der Waals surface area contributed by atoms with Crippen LogP contribution in [0.15, 0.2) is 23.1 Å². The molecule has 0 unspecified atom stereocenters. The quantitative estimate of drug-likeness (QED) is 0.695. The number of alkyl halides is 3. The van der Waals surface area contributed by atoms with Crippen molar-refractivity contribution in [3.8, 4) is 5.75 Å². The summed E-state index contributed by atoms with van der Waals surface area (Å²) in [5.74, 6) is -1.08. The molecule has 1 nitrogen and oxygen atoms in total. The van der Waals surface area contributed by atoms with Crippen molar-refractivity contribution in [2.45, 2.75) is 18.0 Å². The van der Waals surface area contributed by atoms with E-state index in [1.165, 1.54) is 18.2 Å². The molecule has 0 heterocycles. The Labute approximate surface area is 83.9 Å². The van der Waals surface area contributed by atoms with E-state index < -0.39 is 11.9 Å². The lowest BCUT2D eigenvalue weighted by Gasteiger charge is -2.06. The van der Waals surface area contributed by atoms with Gasteiger partial charge in [-0.3, -0.25) is 5.11 Å². The SMILES string of the molecule is Cc1cc(SCC(F)(F)F)ccc1[O]. The number of hydrogen-bond acceptors (Lipinski definition) is 1. The molecule has 1 rings (SSSR count). The minimum absolute atomic E-state index is 0.152. The van der Waals surface area contributed by atoms with E-state index in [-0.39, 0.29) is 5.75 Å². The summed E-state index contributed by atoms with van der Waals surface area (Å²) in [7, 11) is 0. The Morgan fingerprint density at radius 3 is 2.50 bits per heavy atom. The molecule has 0 fully saturated rings. The number of rotatable bonds is 2. The molecule has 0 N–H and O–H groups in total. The maximum absolute atomic E-state index is 11.8. The van der Waals surface area contributed by atoms with E-state index in [0.29, 0.717) is 22.2 Å². The fourth-order valence-corrected chi connectivity index (χ4v) is 1.63. The van der Waals surface area contributed by atoms with Crippen molar-refractivity contribution in [2.75, 3.05) is 5.75 Å². The molecule has 0 aliphatic heterocycles. The standard InChI is InChI=1S/C9H8F3OS/c1-6-4-7(2-3-8(6)13)14-5-9(10,11)12/h2-4H,5H2,1H3. The van der Waals surface area contributed by atoms with Crippen molar-refractivity contribution in [3.05, 3.63) is 23.8 Å². The first-order valence-corrected chi connectivity index (χ1v) is 4.84. The minimum Gasteiger partial charge on any atom is -0.290 e. The van der Waals surface area contributed by atoms with E-state index in [2.05, 4.69) is 0 Å². The summed E-state index contributed by atoms with van der Waals surface area (Å²) < 4.78 is 35.5. The van der Waals surface area contributed by atoms with Crippen molar-refractivity contribution in [1.29, 1.82) is 0 Å². The van der Waals surface area contributed by atoms with Crippen molar-refractivity contribution >= 4 is 11.8 Å². The first-order valence-electron chi connectivity index (χ1n) is 3.86. The zero-order chi connectivity index (χ0) is 10.8. The maximum Gasteiger partial charge on any atom is 0.398 e. The second-order valence-electron chi connectivity index (χ2n) is 2.83. The van der Waals surface area contributed by atoms with Crippen molar-refractivity contribution in [1.82, 2.24) is 0 Å². The molecule has 0 aliphatic carbocycles. The molecular weight excluding hydrogens is 213 g/mol. The van der Waals surface area contributed by atoms with Gasteiger partial charge in [-0.05, 0) is 30.7 Å². The molecule has 0 saturated carbocycles. The first kappa shape index (κ1) is 11.2. The lowest BCUT2D eigenvalue weighted by molar-refractivity contribution is -0.105. The lowest BCUT2D eigenvalue weighted by atomic mass is 10.2. The average molecular weight is 221 g/mol. The van der Waals surface area contributed by atoms with Crippen LogP contribution in [-0.4, -0.2) is 11.9 Å². The molecular formula is C9H8F3OS. The second-order valence-corrected chi connectivity index (χ2v) is 3.88. The normalized spacial score (nSPS) is 11.7. The third kappa shape index (κ3) is 3.49. The lowest BCUT2D eigenvalue weighted by Crippen LogP contribution is -2.10. The van der Waals surface area contributed by atoms with Gasteiger partial charge in [0.25, 0.3) is 0 Å². The van der Waals surface area contributed by atoms with Gasteiger partial charge in [-0.15, -0.1) is 11.8 Å². The van der Waals surface area contributed by atoms with Crippen molar-refractivity contribution < 1.29 is 18.3 Å². The highest BCUT2D eigenvalue weighted by Crippen LogP contribution is 2.29. The van der Waals surface area contributed by atoms with Gasteiger partial charge < -0.3 is 0 Å². The number of aryl methyl sites for hydroxylation is 1. The number of thioether (sulfide) groups is 1. The number of hydrogen-bond donors (Lipinski definition) is 0. The molecule has 0 saturated heterocycles. The highest BCUT2D eigenvalue weighted by molar-refractivity contribution is 7.99. The second kappa shape index (κ2) is 4.13. The van der Waals surface area contributed by atoms with E-state index >= 15 is 0 Å². The summed E-state index contributed by atoms with van der Waals surface area (Å²) in [6.45, 7) is 1.58. The Bertz CT molecular complexity index is 322. The molecule has 0 amide bonds. The first-order chi connectivity index (χ1) is 6.38. The third-order valence-corrected chi connectivity index (χ3v) is 2.61. The molecule has 0 aromatic heterocycles. The number of halogens is 3. The summed E-state index contributed by atoms with van der Waals surface area (Å²) in [4.78, 5) is 0.472.